The van der Waals surface area contributed by atoms with Crippen LogP contribution in [0.1, 0.15) is 24.0 Å². The number of aryl methyl sites for hydroxylation is 1. The van der Waals surface area contributed by atoms with E-state index in [9.17, 15) is 17.6 Å². The molecule has 0 saturated carbocycles. The molecule has 0 aliphatic heterocycles. The number of hydrogen-bond acceptors (Lipinski definition) is 4. The van der Waals surface area contributed by atoms with Gasteiger partial charge in [-0.1, -0.05) is 12.1 Å². The van der Waals surface area contributed by atoms with E-state index >= 15 is 0 Å². The Bertz CT molecular complexity index is 761. The minimum Gasteiger partial charge on any atom is -0.457 e. The van der Waals surface area contributed by atoms with Crippen molar-refractivity contribution in [1.82, 2.24) is 0 Å². The van der Waals surface area contributed by atoms with E-state index in [4.69, 9.17) is 20.7 Å². The van der Waals surface area contributed by atoms with Crippen LogP contribution >= 0.6 is 0 Å². The van der Waals surface area contributed by atoms with Crippen molar-refractivity contribution in [3.8, 4) is 11.5 Å². The fraction of sp³-hybridized carbons (Fsp3) is 0.368. The van der Waals surface area contributed by atoms with E-state index in [1.807, 2.05) is 0 Å². The minimum absolute atomic E-state index is 0.0456. The third-order valence-corrected chi connectivity index (χ3v) is 4.17. The van der Waals surface area contributed by atoms with Crippen LogP contribution in [-0.2, 0) is 12.6 Å². The van der Waals surface area contributed by atoms with Gasteiger partial charge in [0.2, 0.25) is 0 Å². The molecule has 0 radical (unpaired) electrons. The predicted octanol–water partition coefficient (Wildman–Crippen LogP) is 3.64. The summed E-state index contributed by atoms with van der Waals surface area (Å²) in [7, 11) is 0. The molecule has 0 bridgehead atoms. The highest BCUT2D eigenvalue weighted by Gasteiger charge is 2.30. The smallest absolute Gasteiger partial charge is 0.416 e. The Balaban J connectivity index is 2.02. The average molecular weight is 387 g/mol. The number of aliphatic hydroxyl groups is 2. The van der Waals surface area contributed by atoms with Gasteiger partial charge in [0.25, 0.3) is 0 Å². The standard InChI is InChI=1S/C19H21F4NO3/c20-17-10-16(27-15-5-1-4-14(9-15)19(21,22)23)7-6-13(17)3-2-8-18(24,11-25)12-26/h1,4-7,9-10,25-26H,2-3,8,11-12,24H2. The van der Waals surface area contributed by atoms with Crippen LogP contribution in [0.15, 0.2) is 42.5 Å². The number of nitrogens with two attached hydrogens (primary N) is 1. The molecule has 0 aromatic heterocycles. The van der Waals surface area contributed by atoms with E-state index in [1.165, 1.54) is 24.3 Å². The third-order valence-electron chi connectivity index (χ3n) is 4.17. The monoisotopic (exact) mass is 387 g/mol. The highest BCUT2D eigenvalue weighted by Crippen LogP contribution is 2.33. The molecule has 0 spiro atoms. The lowest BCUT2D eigenvalue weighted by atomic mass is 9.94. The molecule has 0 aliphatic rings. The van der Waals surface area contributed by atoms with E-state index in [0.29, 0.717) is 24.8 Å². The van der Waals surface area contributed by atoms with Crippen molar-refractivity contribution in [2.75, 3.05) is 13.2 Å². The van der Waals surface area contributed by atoms with Crippen molar-refractivity contribution in [2.45, 2.75) is 31.0 Å². The topological polar surface area (TPSA) is 75.7 Å². The minimum atomic E-state index is -4.49. The van der Waals surface area contributed by atoms with Gasteiger partial charge in [0.15, 0.2) is 0 Å². The van der Waals surface area contributed by atoms with Crippen LogP contribution in [0, 0.1) is 5.82 Å². The lowest BCUT2D eigenvalue weighted by molar-refractivity contribution is -0.137. The summed E-state index contributed by atoms with van der Waals surface area (Å²) in [5.74, 6) is -0.527. The molecule has 148 valence electrons. The summed E-state index contributed by atoms with van der Waals surface area (Å²) in [5.41, 5.74) is 4.18. The molecule has 2 aromatic rings. The fourth-order valence-corrected chi connectivity index (χ4v) is 2.51. The summed E-state index contributed by atoms with van der Waals surface area (Å²) in [6.45, 7) is -0.758. The Labute approximate surface area is 154 Å². The van der Waals surface area contributed by atoms with Crippen LogP contribution < -0.4 is 10.5 Å². The van der Waals surface area contributed by atoms with E-state index in [1.54, 1.807) is 0 Å². The van der Waals surface area contributed by atoms with Crippen LogP contribution in [0.25, 0.3) is 0 Å². The number of benzene rings is 2. The first-order valence-electron chi connectivity index (χ1n) is 8.31. The molecule has 2 rings (SSSR count). The molecular formula is C19H21F4NO3. The summed E-state index contributed by atoms with van der Waals surface area (Å²) in [4.78, 5) is 0. The van der Waals surface area contributed by atoms with Crippen molar-refractivity contribution in [3.63, 3.8) is 0 Å². The van der Waals surface area contributed by atoms with Gasteiger partial charge in [0.1, 0.15) is 17.3 Å². The van der Waals surface area contributed by atoms with E-state index in [2.05, 4.69) is 0 Å². The van der Waals surface area contributed by atoms with Crippen LogP contribution in [-0.4, -0.2) is 29.0 Å². The Morgan fingerprint density at radius 3 is 2.22 bits per heavy atom. The van der Waals surface area contributed by atoms with Crippen molar-refractivity contribution >= 4 is 0 Å². The van der Waals surface area contributed by atoms with E-state index in [0.717, 1.165) is 18.2 Å². The SMILES string of the molecule is NC(CO)(CO)CCCc1ccc(Oc2cccc(C(F)(F)F)c2)cc1F. The second-order valence-corrected chi connectivity index (χ2v) is 6.41. The van der Waals surface area contributed by atoms with Crippen LogP contribution in [0.3, 0.4) is 0 Å². The van der Waals surface area contributed by atoms with Gasteiger partial charge in [0.05, 0.1) is 24.3 Å². The number of halogens is 4. The molecule has 0 saturated heterocycles. The Kier molecular flexibility index (Phi) is 6.80. The Hall–Kier alpha value is -2.16. The summed E-state index contributed by atoms with van der Waals surface area (Å²) >= 11 is 0. The predicted molar refractivity (Wildman–Crippen MR) is 91.9 cm³/mol. The maximum atomic E-state index is 14.2. The van der Waals surface area contributed by atoms with Crippen LogP contribution in [0.5, 0.6) is 11.5 Å². The maximum absolute atomic E-state index is 14.2. The molecule has 0 aliphatic carbocycles. The highest BCUT2D eigenvalue weighted by molar-refractivity contribution is 5.36. The molecule has 4 nitrogen and oxygen atoms in total. The first-order chi connectivity index (χ1) is 12.7. The molecule has 0 amide bonds. The third kappa shape index (κ3) is 5.92. The summed E-state index contributed by atoms with van der Waals surface area (Å²) in [5, 5.41) is 18.3. The molecule has 8 heteroatoms. The summed E-state index contributed by atoms with van der Waals surface area (Å²) in [6.07, 6.45) is -3.41. The van der Waals surface area contributed by atoms with Crippen molar-refractivity contribution in [1.29, 1.82) is 0 Å². The lowest BCUT2D eigenvalue weighted by Crippen LogP contribution is -2.47. The van der Waals surface area contributed by atoms with E-state index < -0.39 is 23.1 Å². The van der Waals surface area contributed by atoms with Gasteiger partial charge < -0.3 is 20.7 Å². The number of rotatable bonds is 8. The van der Waals surface area contributed by atoms with Gasteiger partial charge in [-0.15, -0.1) is 0 Å². The first-order valence-corrected chi connectivity index (χ1v) is 8.31. The molecule has 27 heavy (non-hydrogen) atoms. The number of alkyl halides is 3. The highest BCUT2D eigenvalue weighted by atomic mass is 19.4. The number of aliphatic hydroxyl groups excluding tert-OH is 2. The zero-order valence-corrected chi connectivity index (χ0v) is 14.5. The Morgan fingerprint density at radius 2 is 1.63 bits per heavy atom. The zero-order valence-electron chi connectivity index (χ0n) is 14.5. The van der Waals surface area contributed by atoms with Gasteiger partial charge in [-0.2, -0.15) is 13.2 Å². The van der Waals surface area contributed by atoms with Gasteiger partial charge in [-0.25, -0.2) is 4.39 Å². The Morgan fingerprint density at radius 1 is 0.963 bits per heavy atom. The quantitative estimate of drug-likeness (QED) is 0.605. The molecular weight excluding hydrogens is 366 g/mol. The van der Waals surface area contributed by atoms with Gasteiger partial charge in [-0.3, -0.25) is 0 Å². The second kappa shape index (κ2) is 8.69. The van der Waals surface area contributed by atoms with Crippen molar-refractivity contribution in [2.24, 2.45) is 5.73 Å². The van der Waals surface area contributed by atoms with Crippen LogP contribution in [0.2, 0.25) is 0 Å². The molecule has 4 N–H and O–H groups in total. The second-order valence-electron chi connectivity index (χ2n) is 6.41. The molecule has 0 fully saturated rings. The number of hydrogen-bond donors (Lipinski definition) is 3. The lowest BCUT2D eigenvalue weighted by Gasteiger charge is -2.24. The normalized spacial score (nSPS) is 12.3. The zero-order chi connectivity index (χ0) is 20.1. The number of ether oxygens (including phenoxy) is 1. The van der Waals surface area contributed by atoms with Gasteiger partial charge in [0, 0.05) is 6.07 Å². The maximum Gasteiger partial charge on any atom is 0.416 e. The fourth-order valence-electron chi connectivity index (χ4n) is 2.51. The van der Waals surface area contributed by atoms with E-state index in [-0.39, 0.29) is 24.7 Å². The summed E-state index contributed by atoms with van der Waals surface area (Å²) < 4.78 is 57.7. The first kappa shape index (κ1) is 21.1. The largest absolute Gasteiger partial charge is 0.457 e. The van der Waals surface area contributed by atoms with Crippen LogP contribution in [0.4, 0.5) is 17.6 Å². The molecule has 0 atom stereocenters. The summed E-state index contributed by atoms with van der Waals surface area (Å²) in [6, 6.07) is 8.38. The average Bonchev–Trinajstić information content (AvgIpc) is 2.63. The molecule has 0 unspecified atom stereocenters. The van der Waals surface area contributed by atoms with Crippen molar-refractivity contribution in [3.05, 3.63) is 59.4 Å². The van der Waals surface area contributed by atoms with Crippen molar-refractivity contribution < 1.29 is 32.5 Å². The van der Waals surface area contributed by atoms with Gasteiger partial charge >= 0.3 is 6.18 Å². The van der Waals surface area contributed by atoms with Gasteiger partial charge in [-0.05, 0) is 49.1 Å². The molecule has 2 aromatic carbocycles. The molecule has 0 heterocycles.